The second-order valence-corrected chi connectivity index (χ2v) is 10.4. The molecule has 0 bridgehead atoms. The van der Waals surface area contributed by atoms with E-state index in [0.29, 0.717) is 17.3 Å². The van der Waals surface area contributed by atoms with Crippen LogP contribution in [0.15, 0.2) is 48.8 Å². The Kier molecular flexibility index (Phi) is 16.3. The van der Waals surface area contributed by atoms with Crippen LogP contribution < -0.4 is 20.9 Å². The number of nitro groups is 1. The van der Waals surface area contributed by atoms with Gasteiger partial charge in [0.2, 0.25) is 23.0 Å². The van der Waals surface area contributed by atoms with Crippen molar-refractivity contribution in [1.82, 2.24) is 19.9 Å². The van der Waals surface area contributed by atoms with Crippen LogP contribution in [0.25, 0.3) is 0 Å². The quantitative estimate of drug-likeness (QED) is 0.0736. The largest absolute Gasteiger partial charge is 0.437 e. The number of ketones is 1. The van der Waals surface area contributed by atoms with E-state index in [2.05, 4.69) is 24.7 Å². The van der Waals surface area contributed by atoms with Gasteiger partial charge in [0.1, 0.15) is 45.6 Å². The predicted octanol–water partition coefficient (Wildman–Crippen LogP) is 6.38. The number of carbonyl (C=O) groups is 2. The van der Waals surface area contributed by atoms with E-state index in [4.69, 9.17) is 83.7 Å². The molecule has 4 rings (SSSR count). The Morgan fingerprint density at radius 1 is 0.787 bits per heavy atom. The third-order valence-corrected chi connectivity index (χ3v) is 6.82. The highest BCUT2D eigenvalue weighted by molar-refractivity contribution is 6.63. The molecule has 2 aromatic carbocycles. The van der Waals surface area contributed by atoms with Gasteiger partial charge in [-0.1, -0.05) is 46.4 Å². The van der Waals surface area contributed by atoms with Crippen LogP contribution in [0.1, 0.15) is 5.82 Å². The van der Waals surface area contributed by atoms with Crippen LogP contribution in [0.3, 0.4) is 0 Å². The first-order valence-corrected chi connectivity index (χ1v) is 14.5. The molecule has 0 aliphatic heterocycles. The van der Waals surface area contributed by atoms with Crippen molar-refractivity contribution < 1.29 is 33.5 Å². The molecule has 0 saturated heterocycles. The molecule has 20 heteroatoms. The van der Waals surface area contributed by atoms with Crippen LogP contribution >= 0.6 is 58.0 Å². The maximum Gasteiger partial charge on any atom is 0.289 e. The summed E-state index contributed by atoms with van der Waals surface area (Å²) in [6.07, 6.45) is 2.95. The Balaban J connectivity index is 0.000000281. The molecule has 0 fully saturated rings. The Bertz CT molecular complexity index is 1720. The molecule has 0 unspecified atom stereocenters. The van der Waals surface area contributed by atoms with Crippen molar-refractivity contribution in [1.29, 1.82) is 0 Å². The van der Waals surface area contributed by atoms with E-state index in [-0.39, 0.29) is 74.7 Å². The second-order valence-electron chi connectivity index (χ2n) is 8.45. The first kappa shape index (κ1) is 39.1. The monoisotopic (exact) mass is 749 g/mol. The van der Waals surface area contributed by atoms with Crippen LogP contribution in [0.2, 0.25) is 20.1 Å². The Hall–Kier alpha value is -4.09. The lowest BCUT2D eigenvalue weighted by Crippen LogP contribution is -2.12. The third-order valence-electron chi connectivity index (χ3n) is 4.98. The average molecular weight is 752 g/mol. The molecule has 2 aromatic heterocycles. The van der Waals surface area contributed by atoms with Gasteiger partial charge in [0.05, 0.1) is 22.1 Å². The number of carbonyl (C=O) groups excluding carboxylic acids is 2. The number of nitrogen functional groups attached to an aromatic ring is 2. The van der Waals surface area contributed by atoms with Gasteiger partial charge in [-0.25, -0.2) is 9.97 Å². The summed E-state index contributed by atoms with van der Waals surface area (Å²) in [5.74, 6) is 1.08. The van der Waals surface area contributed by atoms with Crippen molar-refractivity contribution in [2.45, 2.75) is 6.42 Å². The van der Waals surface area contributed by atoms with E-state index in [1.54, 1.807) is 18.2 Å². The van der Waals surface area contributed by atoms with Gasteiger partial charge in [-0.2, -0.15) is 9.97 Å². The van der Waals surface area contributed by atoms with E-state index in [9.17, 15) is 19.7 Å². The number of ether oxygens (including phenoxy) is 4. The van der Waals surface area contributed by atoms with Crippen molar-refractivity contribution in [3.05, 3.63) is 84.8 Å². The number of nitrogens with zero attached hydrogens (tertiary/aromatic N) is 5. The molecule has 4 N–H and O–H groups in total. The number of nitrogens with two attached hydrogens (primary N) is 2. The van der Waals surface area contributed by atoms with E-state index in [0.717, 1.165) is 0 Å². The molecular formula is C27H24Cl5N7O8. The summed E-state index contributed by atoms with van der Waals surface area (Å²) in [5, 5.41) is 10.3. The van der Waals surface area contributed by atoms with Gasteiger partial charge in [0.25, 0.3) is 5.69 Å². The molecule has 47 heavy (non-hydrogen) atoms. The fourth-order valence-electron chi connectivity index (χ4n) is 3.03. The Morgan fingerprint density at radius 3 is 1.87 bits per heavy atom. The van der Waals surface area contributed by atoms with Gasteiger partial charge >= 0.3 is 0 Å². The molecule has 250 valence electrons. The maximum atomic E-state index is 11.5. The van der Waals surface area contributed by atoms with Crippen molar-refractivity contribution in [3.63, 3.8) is 0 Å². The van der Waals surface area contributed by atoms with Crippen molar-refractivity contribution >= 4 is 86.4 Å². The highest BCUT2D eigenvalue weighted by Crippen LogP contribution is 2.40. The average Bonchev–Trinajstić information content (AvgIpc) is 3.00. The summed E-state index contributed by atoms with van der Waals surface area (Å²) in [5.41, 5.74) is 11.1. The second kappa shape index (κ2) is 19.5. The number of halogens is 5. The van der Waals surface area contributed by atoms with Crippen molar-refractivity contribution in [2.24, 2.45) is 0 Å². The zero-order chi connectivity index (χ0) is 35.1. The molecule has 15 nitrogen and oxygen atoms in total. The zero-order valence-electron chi connectivity index (χ0n) is 24.3. The molecule has 0 atom stereocenters. The van der Waals surface area contributed by atoms with Crippen LogP contribution in [0.4, 0.5) is 17.3 Å². The smallest absolute Gasteiger partial charge is 0.289 e. The number of anilines is 2. The van der Waals surface area contributed by atoms with Gasteiger partial charge in [-0.15, -0.1) is 0 Å². The number of aromatic nitrogens is 4. The first-order chi connectivity index (χ1) is 22.3. The number of hydrogen-bond acceptors (Lipinski definition) is 14. The lowest BCUT2D eigenvalue weighted by Gasteiger charge is -2.09. The molecule has 0 radical (unpaired) electrons. The van der Waals surface area contributed by atoms with E-state index in [1.807, 2.05) is 0 Å². The van der Waals surface area contributed by atoms with Crippen LogP contribution in [0, 0.1) is 10.1 Å². The molecule has 0 aliphatic rings. The summed E-state index contributed by atoms with van der Waals surface area (Å²) in [6.45, 7) is 0.00932. The lowest BCUT2D eigenvalue weighted by atomic mass is 10.3. The Labute approximate surface area is 292 Å². The van der Waals surface area contributed by atoms with Gasteiger partial charge in [0, 0.05) is 44.8 Å². The maximum absolute atomic E-state index is 11.5. The van der Waals surface area contributed by atoms with Gasteiger partial charge in [-0.3, -0.25) is 19.7 Å². The van der Waals surface area contributed by atoms with Gasteiger partial charge in [-0.05, 0) is 29.8 Å². The predicted molar refractivity (Wildman–Crippen MR) is 176 cm³/mol. The zero-order valence-corrected chi connectivity index (χ0v) is 28.1. The van der Waals surface area contributed by atoms with E-state index in [1.165, 1.54) is 44.8 Å². The molecule has 0 aliphatic carbocycles. The fourth-order valence-corrected chi connectivity index (χ4v) is 3.93. The molecule has 0 saturated carbocycles. The standard InChI is InChI=1S/C14H13Cl2N3O3.C10H6Cl2N4O3.C3H5ClO2/c1-21-7-8(20)6-11-18-5-4-12(19-11)22-10-3-2-9(17)13(15)14(10)16;11-8-5(16(17)18)1-2-6(9(8)12)19-7-3-4-14-10(13)15-7;1-6-2-3(4)5/h2-5H,6-7,17H2,1H3;1-4H,(H2,13,14,15);2H2,1H3. The normalized spacial score (nSPS) is 10.1. The van der Waals surface area contributed by atoms with Crippen LogP contribution in [-0.2, 0) is 25.5 Å². The highest BCUT2D eigenvalue weighted by Gasteiger charge is 2.19. The minimum Gasteiger partial charge on any atom is -0.437 e. The molecular weight excluding hydrogens is 728 g/mol. The van der Waals surface area contributed by atoms with Crippen LogP contribution in [-0.4, -0.2) is 63.3 Å². The summed E-state index contributed by atoms with van der Waals surface area (Å²) in [7, 11) is 2.87. The van der Waals surface area contributed by atoms with Gasteiger partial charge in [0.15, 0.2) is 5.78 Å². The van der Waals surface area contributed by atoms with Crippen molar-refractivity contribution in [3.8, 4) is 23.3 Å². The number of nitro benzene ring substituents is 1. The molecule has 0 spiro atoms. The molecule has 4 aromatic rings. The number of benzene rings is 2. The summed E-state index contributed by atoms with van der Waals surface area (Å²) < 4.78 is 20.0. The minimum absolute atomic E-state index is 0.00154. The number of Topliss-reactive ketones (excluding diaryl/α,β-unsaturated/α-hetero) is 1. The topological polar surface area (TPSA) is 218 Å². The first-order valence-electron chi connectivity index (χ1n) is 12.6. The highest BCUT2D eigenvalue weighted by atomic mass is 35.5. The fraction of sp³-hybridized carbons (Fsp3) is 0.185. The summed E-state index contributed by atoms with van der Waals surface area (Å²) >= 11 is 28.5. The van der Waals surface area contributed by atoms with Crippen LogP contribution in [0.5, 0.6) is 23.3 Å². The Morgan fingerprint density at radius 2 is 1.34 bits per heavy atom. The number of rotatable bonds is 11. The molecule has 2 heterocycles. The summed E-state index contributed by atoms with van der Waals surface area (Å²) in [6, 6.07) is 8.68. The van der Waals surface area contributed by atoms with Crippen molar-refractivity contribution in [2.75, 3.05) is 38.9 Å². The molecule has 0 amide bonds. The third kappa shape index (κ3) is 12.9. The minimum atomic E-state index is -0.638. The number of methoxy groups -OCH3 is 2. The van der Waals surface area contributed by atoms with Gasteiger partial charge < -0.3 is 30.4 Å². The SMILES string of the molecule is COCC(=O)Cc1nccc(Oc2ccc(N)c(Cl)c2Cl)n1.COCC(=O)Cl.Nc1nccc(Oc2ccc([N+](=O)[O-])c(Cl)c2Cl)n1. The van der Waals surface area contributed by atoms with E-state index < -0.39 is 10.2 Å². The number of hydrogen-bond donors (Lipinski definition) is 2. The lowest BCUT2D eigenvalue weighted by molar-refractivity contribution is -0.384. The van der Waals surface area contributed by atoms with E-state index >= 15 is 0 Å². The summed E-state index contributed by atoms with van der Waals surface area (Å²) in [4.78, 5) is 46.9.